The molecule has 14 aromatic rings. The van der Waals surface area contributed by atoms with Crippen LogP contribution in [0.25, 0.3) is 136 Å². The SMILES string of the molecule is c1ccc2cc3cc(-c4c5ccccc5c(-c5ccc(-n6c7ccc8ccccc8c7c7c8ccccc8ccc76)cc5)c5ccc(-c6cccc7ccccc67)cc45)ccc3cc2c1. The molecule has 1 heterocycles. The van der Waals surface area contributed by atoms with Crippen LogP contribution in [-0.4, -0.2) is 4.57 Å². The Morgan fingerprint density at radius 1 is 0.231 bits per heavy atom. The van der Waals surface area contributed by atoms with Crippen LogP contribution in [0.1, 0.15) is 0 Å². The maximum atomic E-state index is 2.46. The minimum Gasteiger partial charge on any atom is -0.309 e. The van der Waals surface area contributed by atoms with Crippen molar-refractivity contribution in [3.05, 3.63) is 237 Å². The molecule has 0 unspecified atom stereocenters. The van der Waals surface area contributed by atoms with Crippen molar-refractivity contribution in [2.45, 2.75) is 0 Å². The summed E-state index contributed by atoms with van der Waals surface area (Å²) >= 11 is 0. The molecule has 14 rings (SSSR count). The Morgan fingerprint density at radius 2 is 0.677 bits per heavy atom. The highest BCUT2D eigenvalue weighted by Gasteiger charge is 2.21. The van der Waals surface area contributed by atoms with Gasteiger partial charge in [-0.1, -0.05) is 188 Å². The number of fused-ring (bicyclic) bond motifs is 12. The molecule has 0 bridgehead atoms. The zero-order valence-corrected chi connectivity index (χ0v) is 35.5. The van der Waals surface area contributed by atoms with Crippen LogP contribution >= 0.6 is 0 Å². The zero-order valence-electron chi connectivity index (χ0n) is 35.5. The predicted molar refractivity (Wildman–Crippen MR) is 280 cm³/mol. The Labute approximate surface area is 375 Å². The van der Waals surface area contributed by atoms with Crippen LogP contribution in [0.4, 0.5) is 0 Å². The van der Waals surface area contributed by atoms with E-state index in [0.717, 1.165) is 5.69 Å². The second-order valence-corrected chi connectivity index (χ2v) is 17.6. The summed E-state index contributed by atoms with van der Waals surface area (Å²) in [6, 6.07) is 88.1. The van der Waals surface area contributed by atoms with Gasteiger partial charge in [0.2, 0.25) is 0 Å². The summed E-state index contributed by atoms with van der Waals surface area (Å²) in [5.74, 6) is 0. The minimum absolute atomic E-state index is 1.14. The van der Waals surface area contributed by atoms with E-state index in [1.807, 2.05) is 0 Å². The lowest BCUT2D eigenvalue weighted by Crippen LogP contribution is -1.95. The van der Waals surface area contributed by atoms with Gasteiger partial charge in [-0.25, -0.2) is 0 Å². The van der Waals surface area contributed by atoms with Gasteiger partial charge < -0.3 is 4.57 Å². The third kappa shape index (κ3) is 5.46. The largest absolute Gasteiger partial charge is 0.309 e. The van der Waals surface area contributed by atoms with E-state index in [1.165, 1.54) is 131 Å². The summed E-state index contributed by atoms with van der Waals surface area (Å²) in [5, 5.41) is 20.2. The number of nitrogens with zero attached hydrogens (tertiary/aromatic N) is 1. The lowest BCUT2D eigenvalue weighted by molar-refractivity contribution is 1.18. The lowest BCUT2D eigenvalue weighted by atomic mass is 9.84. The number of rotatable bonds is 4. The molecule has 65 heavy (non-hydrogen) atoms. The number of hydrogen-bond donors (Lipinski definition) is 0. The van der Waals surface area contributed by atoms with Crippen molar-refractivity contribution in [3.63, 3.8) is 0 Å². The summed E-state index contributed by atoms with van der Waals surface area (Å²) < 4.78 is 2.46. The van der Waals surface area contributed by atoms with Crippen molar-refractivity contribution in [3.8, 4) is 39.1 Å². The average Bonchev–Trinajstić information content (AvgIpc) is 3.72. The summed E-state index contributed by atoms with van der Waals surface area (Å²) in [6.07, 6.45) is 0. The summed E-state index contributed by atoms with van der Waals surface area (Å²) in [6.45, 7) is 0. The first kappa shape index (κ1) is 36.0. The third-order valence-corrected chi connectivity index (χ3v) is 14.1. The molecule has 1 aromatic heterocycles. The van der Waals surface area contributed by atoms with Gasteiger partial charge in [-0.2, -0.15) is 0 Å². The summed E-state index contributed by atoms with van der Waals surface area (Å²) in [5.41, 5.74) is 11.0. The highest BCUT2D eigenvalue weighted by Crippen LogP contribution is 2.47. The Bertz CT molecular complexity index is 4180. The Balaban J connectivity index is 1.02. The normalized spacial score (nSPS) is 12.0. The van der Waals surface area contributed by atoms with E-state index in [-0.39, 0.29) is 0 Å². The fourth-order valence-corrected chi connectivity index (χ4v) is 11.1. The standard InChI is InChI=1S/C64H39N/c1-2-16-45-37-49-38-48(25-24-46(49)36-44(45)15-1)62-56-22-10-9-21-55(56)61(57-33-28-47(39-58(57)62)52-23-11-17-40-12-3-6-18-51(40)52)43-26-31-50(32-27-43)65-59-34-29-41-13-4-7-19-53(41)63(59)64-54-20-8-5-14-42(54)30-35-60(64)65/h1-39H. The van der Waals surface area contributed by atoms with Crippen molar-refractivity contribution in [2.24, 2.45) is 0 Å². The topological polar surface area (TPSA) is 4.93 Å². The van der Waals surface area contributed by atoms with Crippen molar-refractivity contribution in [1.82, 2.24) is 4.57 Å². The van der Waals surface area contributed by atoms with E-state index in [9.17, 15) is 0 Å². The fourth-order valence-electron chi connectivity index (χ4n) is 11.1. The summed E-state index contributed by atoms with van der Waals surface area (Å²) in [4.78, 5) is 0. The quantitative estimate of drug-likeness (QED) is 0.156. The van der Waals surface area contributed by atoms with E-state index in [2.05, 4.69) is 241 Å². The molecule has 0 radical (unpaired) electrons. The van der Waals surface area contributed by atoms with E-state index in [0.29, 0.717) is 0 Å². The molecule has 0 aliphatic rings. The molecule has 0 N–H and O–H groups in total. The molecule has 0 saturated heterocycles. The van der Waals surface area contributed by atoms with E-state index in [1.54, 1.807) is 0 Å². The van der Waals surface area contributed by atoms with Crippen molar-refractivity contribution in [1.29, 1.82) is 0 Å². The highest BCUT2D eigenvalue weighted by atomic mass is 15.0. The average molecular weight is 822 g/mol. The van der Waals surface area contributed by atoms with Crippen molar-refractivity contribution in [2.75, 3.05) is 0 Å². The molecular weight excluding hydrogens is 783 g/mol. The number of benzene rings is 13. The molecule has 13 aromatic carbocycles. The first-order valence-electron chi connectivity index (χ1n) is 22.6. The van der Waals surface area contributed by atoms with E-state index >= 15 is 0 Å². The van der Waals surface area contributed by atoms with Gasteiger partial charge in [0.15, 0.2) is 0 Å². The predicted octanol–water partition coefficient (Wildman–Crippen LogP) is 17.9. The molecule has 0 amide bonds. The molecule has 1 heteroatoms. The Hall–Kier alpha value is -8.52. The summed E-state index contributed by atoms with van der Waals surface area (Å²) in [7, 11) is 0. The van der Waals surface area contributed by atoms with Gasteiger partial charge in [0.05, 0.1) is 11.0 Å². The zero-order chi connectivity index (χ0) is 42.6. The van der Waals surface area contributed by atoms with Gasteiger partial charge in [-0.3, -0.25) is 0 Å². The monoisotopic (exact) mass is 821 g/mol. The lowest BCUT2D eigenvalue weighted by Gasteiger charge is -2.20. The van der Waals surface area contributed by atoms with Gasteiger partial charge in [-0.15, -0.1) is 0 Å². The number of aromatic nitrogens is 1. The van der Waals surface area contributed by atoms with Gasteiger partial charge in [0.25, 0.3) is 0 Å². The maximum absolute atomic E-state index is 2.46. The van der Waals surface area contributed by atoms with Crippen molar-refractivity contribution < 1.29 is 0 Å². The second kappa shape index (κ2) is 14.0. The van der Waals surface area contributed by atoms with Gasteiger partial charge in [0.1, 0.15) is 0 Å². The molecule has 0 aliphatic carbocycles. The molecule has 0 spiro atoms. The van der Waals surface area contributed by atoms with Crippen molar-refractivity contribution >= 4 is 97.2 Å². The minimum atomic E-state index is 1.14. The van der Waals surface area contributed by atoms with Crippen LogP contribution in [0.3, 0.4) is 0 Å². The third-order valence-electron chi connectivity index (χ3n) is 14.1. The van der Waals surface area contributed by atoms with Crippen LogP contribution in [0.15, 0.2) is 237 Å². The van der Waals surface area contributed by atoms with Crippen LogP contribution in [0.5, 0.6) is 0 Å². The molecular formula is C64H39N. The van der Waals surface area contributed by atoms with Gasteiger partial charge >= 0.3 is 0 Å². The molecule has 0 saturated carbocycles. The molecule has 0 fully saturated rings. The fraction of sp³-hybridized carbons (Fsp3) is 0. The van der Waals surface area contributed by atoms with Crippen LogP contribution < -0.4 is 0 Å². The smallest absolute Gasteiger partial charge is 0.0547 e. The van der Waals surface area contributed by atoms with Crippen LogP contribution in [-0.2, 0) is 0 Å². The van der Waals surface area contributed by atoms with Crippen LogP contribution in [0.2, 0.25) is 0 Å². The molecule has 0 aliphatic heterocycles. The second-order valence-electron chi connectivity index (χ2n) is 17.6. The highest BCUT2D eigenvalue weighted by molar-refractivity contribution is 6.29. The maximum Gasteiger partial charge on any atom is 0.0547 e. The molecule has 300 valence electrons. The van der Waals surface area contributed by atoms with E-state index in [4.69, 9.17) is 0 Å². The van der Waals surface area contributed by atoms with Gasteiger partial charge in [-0.05, 0) is 157 Å². The van der Waals surface area contributed by atoms with E-state index < -0.39 is 0 Å². The first-order valence-corrected chi connectivity index (χ1v) is 22.6. The number of hydrogen-bond acceptors (Lipinski definition) is 0. The van der Waals surface area contributed by atoms with Crippen LogP contribution in [0, 0.1) is 0 Å². The first-order chi connectivity index (χ1) is 32.2. The Morgan fingerprint density at radius 3 is 1.32 bits per heavy atom. The molecule has 1 nitrogen and oxygen atoms in total. The van der Waals surface area contributed by atoms with Gasteiger partial charge in [0, 0.05) is 16.5 Å². The molecule has 0 atom stereocenters. The Kier molecular flexibility index (Phi) is 7.75.